The van der Waals surface area contributed by atoms with Gasteiger partial charge in [-0.15, -0.1) is 0 Å². The molecule has 14 heavy (non-hydrogen) atoms. The van der Waals surface area contributed by atoms with Gasteiger partial charge in [0.1, 0.15) is 0 Å². The first-order valence-corrected chi connectivity index (χ1v) is 5.08. The van der Waals surface area contributed by atoms with Gasteiger partial charge in [-0.2, -0.15) is 0 Å². The molecule has 0 aliphatic carbocycles. The van der Waals surface area contributed by atoms with Crippen LogP contribution in [0.2, 0.25) is 0 Å². The number of aromatic amines is 1. The number of para-hydroxylation sites is 1. The Hall–Kier alpha value is -1.50. The topological polar surface area (TPSA) is 15.8 Å². The molecule has 0 saturated heterocycles. The summed E-state index contributed by atoms with van der Waals surface area (Å²) in [6.07, 6.45) is 4.20. The predicted octanol–water partition coefficient (Wildman–Crippen LogP) is 3.76. The molecule has 0 aliphatic rings. The van der Waals surface area contributed by atoms with E-state index in [4.69, 9.17) is 0 Å². The number of hydrogen-bond acceptors (Lipinski definition) is 0. The third-order valence-electron chi connectivity index (χ3n) is 2.53. The fourth-order valence-corrected chi connectivity index (χ4v) is 1.90. The van der Waals surface area contributed by atoms with E-state index in [1.807, 2.05) is 6.08 Å². The van der Waals surface area contributed by atoms with E-state index >= 15 is 0 Å². The van der Waals surface area contributed by atoms with Crippen molar-refractivity contribution in [2.75, 3.05) is 0 Å². The summed E-state index contributed by atoms with van der Waals surface area (Å²) in [7, 11) is 0. The molecule has 0 saturated carbocycles. The Morgan fingerprint density at radius 2 is 2.14 bits per heavy atom. The van der Waals surface area contributed by atoms with Gasteiger partial charge in [-0.25, -0.2) is 0 Å². The van der Waals surface area contributed by atoms with Crippen LogP contribution in [0.3, 0.4) is 0 Å². The standard InChI is InChI=1S/C13H15N/c1-3-7-12-10(4-2)11-8-5-6-9-13(11)14-12/h4-6,8-9,14H,2-3,7H2,1H3. The number of benzene rings is 1. The van der Waals surface area contributed by atoms with Crippen molar-refractivity contribution in [1.82, 2.24) is 4.98 Å². The highest BCUT2D eigenvalue weighted by atomic mass is 14.7. The minimum absolute atomic E-state index is 1.09. The first kappa shape index (κ1) is 9.07. The molecular weight excluding hydrogens is 170 g/mol. The van der Waals surface area contributed by atoms with Crippen LogP contribution in [0.5, 0.6) is 0 Å². The van der Waals surface area contributed by atoms with E-state index in [2.05, 4.69) is 42.8 Å². The normalized spacial score (nSPS) is 10.6. The first-order chi connectivity index (χ1) is 6.86. The van der Waals surface area contributed by atoms with Gasteiger partial charge in [0.25, 0.3) is 0 Å². The first-order valence-electron chi connectivity index (χ1n) is 5.08. The van der Waals surface area contributed by atoms with Gasteiger partial charge in [0, 0.05) is 22.2 Å². The molecule has 1 aromatic carbocycles. The molecule has 0 aliphatic heterocycles. The maximum atomic E-state index is 3.88. The molecule has 0 radical (unpaired) electrons. The summed E-state index contributed by atoms with van der Waals surface area (Å²) >= 11 is 0. The van der Waals surface area contributed by atoms with E-state index in [-0.39, 0.29) is 0 Å². The van der Waals surface area contributed by atoms with E-state index in [0.717, 1.165) is 12.8 Å². The van der Waals surface area contributed by atoms with Crippen LogP contribution in [0, 0.1) is 0 Å². The SMILES string of the molecule is C=Cc1c(CCC)[nH]c2ccccc12. The summed E-state index contributed by atoms with van der Waals surface area (Å²) in [4.78, 5) is 3.44. The average Bonchev–Trinajstić information content (AvgIpc) is 2.55. The highest BCUT2D eigenvalue weighted by Crippen LogP contribution is 2.23. The molecule has 72 valence electrons. The summed E-state index contributed by atoms with van der Waals surface area (Å²) in [6.45, 7) is 6.07. The van der Waals surface area contributed by atoms with Gasteiger partial charge in [0.15, 0.2) is 0 Å². The van der Waals surface area contributed by atoms with Gasteiger partial charge in [0.2, 0.25) is 0 Å². The Bertz CT molecular complexity index is 451. The monoisotopic (exact) mass is 185 g/mol. The van der Waals surface area contributed by atoms with Crippen LogP contribution in [0.4, 0.5) is 0 Å². The van der Waals surface area contributed by atoms with Crippen LogP contribution in [0.15, 0.2) is 30.8 Å². The Morgan fingerprint density at radius 1 is 1.36 bits per heavy atom. The lowest BCUT2D eigenvalue weighted by Gasteiger charge is -1.96. The van der Waals surface area contributed by atoms with Crippen molar-refractivity contribution >= 4 is 17.0 Å². The van der Waals surface area contributed by atoms with Gasteiger partial charge >= 0.3 is 0 Å². The fraction of sp³-hybridized carbons (Fsp3) is 0.231. The molecule has 2 rings (SSSR count). The summed E-state index contributed by atoms with van der Waals surface area (Å²) in [6, 6.07) is 8.38. The molecule has 0 bridgehead atoms. The number of nitrogens with one attached hydrogen (secondary N) is 1. The Morgan fingerprint density at radius 3 is 2.86 bits per heavy atom. The second-order valence-electron chi connectivity index (χ2n) is 3.52. The molecule has 0 spiro atoms. The number of hydrogen-bond donors (Lipinski definition) is 1. The molecule has 1 nitrogen and oxygen atoms in total. The van der Waals surface area contributed by atoms with Crippen LogP contribution in [-0.4, -0.2) is 4.98 Å². The maximum Gasteiger partial charge on any atom is 0.0462 e. The lowest BCUT2D eigenvalue weighted by atomic mass is 10.1. The van der Waals surface area contributed by atoms with Crippen molar-refractivity contribution in [2.24, 2.45) is 0 Å². The second-order valence-corrected chi connectivity index (χ2v) is 3.52. The summed E-state index contributed by atoms with van der Waals surface area (Å²) < 4.78 is 0. The van der Waals surface area contributed by atoms with Crippen LogP contribution < -0.4 is 0 Å². The smallest absolute Gasteiger partial charge is 0.0462 e. The predicted molar refractivity (Wildman–Crippen MR) is 62.4 cm³/mol. The third-order valence-corrected chi connectivity index (χ3v) is 2.53. The quantitative estimate of drug-likeness (QED) is 0.749. The summed E-state index contributed by atoms with van der Waals surface area (Å²) in [5.41, 5.74) is 3.79. The largest absolute Gasteiger partial charge is 0.358 e. The van der Waals surface area contributed by atoms with Crippen LogP contribution in [0.1, 0.15) is 24.6 Å². The maximum absolute atomic E-state index is 3.88. The van der Waals surface area contributed by atoms with Crippen molar-refractivity contribution in [3.63, 3.8) is 0 Å². The Kier molecular flexibility index (Phi) is 2.40. The van der Waals surface area contributed by atoms with Gasteiger partial charge < -0.3 is 4.98 Å². The summed E-state index contributed by atoms with van der Waals surface area (Å²) in [5.74, 6) is 0. The number of rotatable bonds is 3. The molecule has 1 N–H and O–H groups in total. The average molecular weight is 185 g/mol. The zero-order valence-electron chi connectivity index (χ0n) is 8.51. The molecule has 1 heteroatoms. The van der Waals surface area contributed by atoms with Gasteiger partial charge in [0.05, 0.1) is 0 Å². The number of H-pyrrole nitrogens is 1. The van der Waals surface area contributed by atoms with E-state index in [9.17, 15) is 0 Å². The molecule has 1 heterocycles. The van der Waals surface area contributed by atoms with Crippen LogP contribution >= 0.6 is 0 Å². The minimum Gasteiger partial charge on any atom is -0.358 e. The van der Waals surface area contributed by atoms with E-state index < -0.39 is 0 Å². The third kappa shape index (κ3) is 1.35. The lowest BCUT2D eigenvalue weighted by Crippen LogP contribution is -1.84. The molecule has 0 amide bonds. The van der Waals surface area contributed by atoms with Crippen molar-refractivity contribution in [3.8, 4) is 0 Å². The van der Waals surface area contributed by atoms with E-state index in [1.165, 1.54) is 22.2 Å². The molecule has 0 fully saturated rings. The molecule has 0 atom stereocenters. The van der Waals surface area contributed by atoms with Crippen molar-refractivity contribution in [2.45, 2.75) is 19.8 Å². The lowest BCUT2D eigenvalue weighted by molar-refractivity contribution is 0.894. The highest BCUT2D eigenvalue weighted by molar-refractivity contribution is 5.90. The molecule has 2 aromatic rings. The van der Waals surface area contributed by atoms with E-state index in [0.29, 0.717) is 0 Å². The number of aryl methyl sites for hydroxylation is 1. The van der Waals surface area contributed by atoms with Crippen molar-refractivity contribution in [3.05, 3.63) is 42.1 Å². The summed E-state index contributed by atoms with van der Waals surface area (Å²) in [5, 5.41) is 1.28. The van der Waals surface area contributed by atoms with Crippen LogP contribution in [-0.2, 0) is 6.42 Å². The molecule has 0 unspecified atom stereocenters. The van der Waals surface area contributed by atoms with Gasteiger partial charge in [-0.05, 0) is 12.5 Å². The molecular formula is C13H15N. The second kappa shape index (κ2) is 3.70. The zero-order valence-corrected chi connectivity index (χ0v) is 8.51. The van der Waals surface area contributed by atoms with Crippen molar-refractivity contribution in [1.29, 1.82) is 0 Å². The zero-order chi connectivity index (χ0) is 9.97. The minimum atomic E-state index is 1.09. The fourth-order valence-electron chi connectivity index (χ4n) is 1.90. The highest BCUT2D eigenvalue weighted by Gasteiger charge is 2.06. The van der Waals surface area contributed by atoms with Gasteiger partial charge in [-0.3, -0.25) is 0 Å². The number of aromatic nitrogens is 1. The van der Waals surface area contributed by atoms with Crippen LogP contribution in [0.25, 0.3) is 17.0 Å². The Labute approximate surface area is 84.5 Å². The number of fused-ring (bicyclic) bond motifs is 1. The molecule has 1 aromatic heterocycles. The van der Waals surface area contributed by atoms with Gasteiger partial charge in [-0.1, -0.05) is 44.2 Å². The van der Waals surface area contributed by atoms with Crippen molar-refractivity contribution < 1.29 is 0 Å². The Balaban J connectivity index is 2.65. The van der Waals surface area contributed by atoms with E-state index in [1.54, 1.807) is 0 Å².